The van der Waals surface area contributed by atoms with Crippen molar-refractivity contribution in [2.45, 2.75) is 19.8 Å². The highest BCUT2D eigenvalue weighted by molar-refractivity contribution is 5.99. The van der Waals surface area contributed by atoms with E-state index in [2.05, 4.69) is 6.92 Å². The van der Waals surface area contributed by atoms with Gasteiger partial charge < -0.3 is 10.0 Å². The maximum atomic E-state index is 12.0. The maximum absolute atomic E-state index is 12.0. The quantitative estimate of drug-likeness (QED) is 0.884. The fourth-order valence-electron chi connectivity index (χ4n) is 2.07. The predicted molar refractivity (Wildman–Crippen MR) is 68.5 cm³/mol. The SMILES string of the molecule is CCc1ccc(N(C)C(=O)[C@@H]2C[C@@H]2C(=O)O)cc1. The number of hydrogen-bond donors (Lipinski definition) is 1. The molecule has 0 bridgehead atoms. The highest BCUT2D eigenvalue weighted by atomic mass is 16.4. The van der Waals surface area contributed by atoms with Crippen molar-refractivity contribution in [3.63, 3.8) is 0 Å². The lowest BCUT2D eigenvalue weighted by Gasteiger charge is -2.17. The van der Waals surface area contributed by atoms with Crippen molar-refractivity contribution in [1.29, 1.82) is 0 Å². The van der Waals surface area contributed by atoms with Crippen LogP contribution in [0.15, 0.2) is 24.3 Å². The fraction of sp³-hybridized carbons (Fsp3) is 0.429. The van der Waals surface area contributed by atoms with Crippen LogP contribution in [-0.2, 0) is 16.0 Å². The number of carbonyl (C=O) groups is 2. The van der Waals surface area contributed by atoms with Crippen molar-refractivity contribution in [1.82, 2.24) is 0 Å². The summed E-state index contributed by atoms with van der Waals surface area (Å²) in [6.07, 6.45) is 1.42. The molecule has 1 N–H and O–H groups in total. The molecule has 1 aliphatic rings. The van der Waals surface area contributed by atoms with E-state index in [0.29, 0.717) is 6.42 Å². The lowest BCUT2D eigenvalue weighted by Crippen LogP contribution is -2.28. The molecule has 0 unspecified atom stereocenters. The van der Waals surface area contributed by atoms with Crippen LogP contribution in [0.4, 0.5) is 5.69 Å². The summed E-state index contributed by atoms with van der Waals surface area (Å²) in [6, 6.07) is 7.77. The van der Waals surface area contributed by atoms with Crippen LogP contribution in [0, 0.1) is 11.8 Å². The topological polar surface area (TPSA) is 57.6 Å². The number of hydrogen-bond acceptors (Lipinski definition) is 2. The van der Waals surface area contributed by atoms with E-state index in [1.54, 1.807) is 11.9 Å². The predicted octanol–water partition coefficient (Wildman–Crippen LogP) is 1.93. The largest absolute Gasteiger partial charge is 0.481 e. The zero-order valence-corrected chi connectivity index (χ0v) is 10.6. The third-order valence-electron chi connectivity index (χ3n) is 3.49. The summed E-state index contributed by atoms with van der Waals surface area (Å²) in [6.45, 7) is 2.07. The number of aliphatic carboxylic acids is 1. The number of carboxylic acid groups (broad SMARTS) is 1. The van der Waals surface area contributed by atoms with Gasteiger partial charge in [-0.3, -0.25) is 9.59 Å². The summed E-state index contributed by atoms with van der Waals surface area (Å²) < 4.78 is 0. The van der Waals surface area contributed by atoms with Gasteiger partial charge in [-0.2, -0.15) is 0 Å². The summed E-state index contributed by atoms with van der Waals surface area (Å²) in [5, 5.41) is 8.82. The zero-order chi connectivity index (χ0) is 13.3. The van der Waals surface area contributed by atoms with E-state index in [4.69, 9.17) is 5.11 Å². The number of benzene rings is 1. The lowest BCUT2D eigenvalue weighted by atomic mass is 10.1. The van der Waals surface area contributed by atoms with Crippen LogP contribution in [0.3, 0.4) is 0 Å². The Hall–Kier alpha value is -1.84. The molecule has 4 nitrogen and oxygen atoms in total. The van der Waals surface area contributed by atoms with Crippen LogP contribution in [0.1, 0.15) is 18.9 Å². The van der Waals surface area contributed by atoms with Crippen molar-refractivity contribution < 1.29 is 14.7 Å². The molecule has 0 radical (unpaired) electrons. The first-order valence-corrected chi connectivity index (χ1v) is 6.14. The van der Waals surface area contributed by atoms with E-state index in [-0.39, 0.29) is 11.8 Å². The molecule has 1 amide bonds. The number of rotatable bonds is 4. The van der Waals surface area contributed by atoms with Gasteiger partial charge >= 0.3 is 5.97 Å². The third-order valence-corrected chi connectivity index (χ3v) is 3.49. The molecule has 1 aromatic rings. The lowest BCUT2D eigenvalue weighted by molar-refractivity contribution is -0.139. The van der Waals surface area contributed by atoms with E-state index in [9.17, 15) is 9.59 Å². The molecule has 18 heavy (non-hydrogen) atoms. The van der Waals surface area contributed by atoms with E-state index >= 15 is 0 Å². The smallest absolute Gasteiger partial charge is 0.307 e. The van der Waals surface area contributed by atoms with Gasteiger partial charge in [0.1, 0.15) is 0 Å². The molecule has 0 saturated heterocycles. The Morgan fingerprint density at radius 2 is 1.89 bits per heavy atom. The van der Waals surface area contributed by atoms with Crippen LogP contribution in [0.2, 0.25) is 0 Å². The number of carbonyl (C=O) groups excluding carboxylic acids is 1. The minimum atomic E-state index is -0.872. The van der Waals surface area contributed by atoms with Gasteiger partial charge in [0.05, 0.1) is 11.8 Å². The first-order valence-electron chi connectivity index (χ1n) is 6.14. The highest BCUT2D eigenvalue weighted by Gasteiger charge is 2.49. The Kier molecular flexibility index (Phi) is 3.36. The van der Waals surface area contributed by atoms with E-state index < -0.39 is 11.9 Å². The zero-order valence-electron chi connectivity index (χ0n) is 10.6. The number of carboxylic acids is 1. The first kappa shape index (κ1) is 12.6. The summed E-state index contributed by atoms with van der Waals surface area (Å²) in [5.41, 5.74) is 2.03. The molecule has 1 fully saturated rings. The fourth-order valence-corrected chi connectivity index (χ4v) is 2.07. The molecular weight excluding hydrogens is 230 g/mol. The molecule has 2 atom stereocenters. The van der Waals surface area contributed by atoms with Crippen LogP contribution >= 0.6 is 0 Å². The molecule has 0 aromatic heterocycles. The Labute approximate surface area is 106 Å². The summed E-state index contributed by atoms with van der Waals surface area (Å²) in [7, 11) is 1.69. The Morgan fingerprint density at radius 3 is 2.33 bits per heavy atom. The molecule has 2 rings (SSSR count). The van der Waals surface area contributed by atoms with Crippen LogP contribution < -0.4 is 4.90 Å². The van der Waals surface area contributed by atoms with Gasteiger partial charge in [0.2, 0.25) is 5.91 Å². The van der Waals surface area contributed by atoms with Gasteiger partial charge in [-0.1, -0.05) is 19.1 Å². The number of anilines is 1. The molecule has 0 spiro atoms. The van der Waals surface area contributed by atoms with E-state index in [1.807, 2.05) is 24.3 Å². The van der Waals surface area contributed by atoms with Crippen molar-refractivity contribution in [3.8, 4) is 0 Å². The van der Waals surface area contributed by atoms with Crippen LogP contribution in [0.25, 0.3) is 0 Å². The van der Waals surface area contributed by atoms with Gasteiger partial charge in [0, 0.05) is 12.7 Å². The Bertz CT molecular complexity index is 466. The Balaban J connectivity index is 2.04. The number of amides is 1. The highest BCUT2D eigenvalue weighted by Crippen LogP contribution is 2.40. The van der Waals surface area contributed by atoms with E-state index in [0.717, 1.165) is 12.1 Å². The van der Waals surface area contributed by atoms with Crippen molar-refractivity contribution in [2.24, 2.45) is 11.8 Å². The summed E-state index contributed by atoms with van der Waals surface area (Å²) >= 11 is 0. The standard InChI is InChI=1S/C14H17NO3/c1-3-9-4-6-10(7-5-9)15(2)13(16)11-8-12(11)14(17)18/h4-7,11-12H,3,8H2,1-2H3,(H,17,18)/t11-,12+/m1/s1. The van der Waals surface area contributed by atoms with Crippen LogP contribution in [-0.4, -0.2) is 24.0 Å². The average molecular weight is 247 g/mol. The second-order valence-corrected chi connectivity index (χ2v) is 4.70. The third kappa shape index (κ3) is 2.37. The minimum Gasteiger partial charge on any atom is -0.481 e. The first-order chi connectivity index (χ1) is 8.54. The molecule has 0 heterocycles. The minimum absolute atomic E-state index is 0.105. The molecule has 0 aliphatic heterocycles. The molecule has 4 heteroatoms. The van der Waals surface area contributed by atoms with Crippen molar-refractivity contribution in [3.05, 3.63) is 29.8 Å². The van der Waals surface area contributed by atoms with Crippen molar-refractivity contribution >= 4 is 17.6 Å². The molecule has 1 saturated carbocycles. The average Bonchev–Trinajstić information content (AvgIpc) is 3.17. The van der Waals surface area contributed by atoms with Crippen molar-refractivity contribution in [2.75, 3.05) is 11.9 Å². The normalized spacial score (nSPS) is 21.4. The van der Waals surface area contributed by atoms with Crippen LogP contribution in [0.5, 0.6) is 0 Å². The van der Waals surface area contributed by atoms with Gasteiger partial charge in [-0.15, -0.1) is 0 Å². The molecule has 1 aromatic carbocycles. The van der Waals surface area contributed by atoms with Gasteiger partial charge in [0.15, 0.2) is 0 Å². The van der Waals surface area contributed by atoms with Gasteiger partial charge in [-0.25, -0.2) is 0 Å². The molecule has 96 valence electrons. The second-order valence-electron chi connectivity index (χ2n) is 4.70. The maximum Gasteiger partial charge on any atom is 0.307 e. The van der Waals surface area contributed by atoms with Gasteiger partial charge in [-0.05, 0) is 30.5 Å². The monoisotopic (exact) mass is 247 g/mol. The van der Waals surface area contributed by atoms with Gasteiger partial charge in [0.25, 0.3) is 0 Å². The molecular formula is C14H17NO3. The van der Waals surface area contributed by atoms with E-state index in [1.165, 1.54) is 5.56 Å². The molecule has 1 aliphatic carbocycles. The second kappa shape index (κ2) is 4.80. The Morgan fingerprint density at radius 1 is 1.28 bits per heavy atom. The number of aryl methyl sites for hydroxylation is 1. The summed E-state index contributed by atoms with van der Waals surface area (Å²) in [4.78, 5) is 24.3. The summed E-state index contributed by atoms with van der Waals surface area (Å²) in [5.74, 6) is -1.82. The number of nitrogens with zero attached hydrogens (tertiary/aromatic N) is 1.